The van der Waals surface area contributed by atoms with Crippen molar-refractivity contribution >= 4 is 23.1 Å². The lowest BCUT2D eigenvalue weighted by Crippen LogP contribution is -2.33. The van der Waals surface area contributed by atoms with Crippen LogP contribution in [-0.4, -0.2) is 18.6 Å². The number of allylic oxidation sites excluding steroid dienone is 4. The van der Waals surface area contributed by atoms with Gasteiger partial charge in [0.25, 0.3) is 0 Å². The average Bonchev–Trinajstić information content (AvgIpc) is 3.50. The Labute approximate surface area is 168 Å². The monoisotopic (exact) mass is 385 g/mol. The summed E-state index contributed by atoms with van der Waals surface area (Å²) in [6, 6.07) is 15.4. The molecule has 6 rings (SSSR count). The van der Waals surface area contributed by atoms with Crippen LogP contribution in [0.5, 0.6) is 11.5 Å². The quantitative estimate of drug-likeness (QED) is 0.583. The lowest BCUT2D eigenvalue weighted by molar-refractivity contribution is -0.122. The van der Waals surface area contributed by atoms with Crippen LogP contribution in [0.3, 0.4) is 0 Å². The third kappa shape index (κ3) is 2.15. The number of amides is 2. The zero-order valence-corrected chi connectivity index (χ0v) is 15.9. The van der Waals surface area contributed by atoms with E-state index in [0.29, 0.717) is 17.2 Å². The zero-order valence-electron chi connectivity index (χ0n) is 15.9. The van der Waals surface area contributed by atoms with Crippen molar-refractivity contribution in [2.45, 2.75) is 6.92 Å². The summed E-state index contributed by atoms with van der Waals surface area (Å²) in [6.45, 7) is 2.26. The maximum absolute atomic E-state index is 13.4. The molecule has 2 aliphatic heterocycles. The molecule has 2 aromatic rings. The number of fused-ring (bicyclic) bond motifs is 6. The van der Waals surface area contributed by atoms with Gasteiger partial charge in [0.15, 0.2) is 11.5 Å². The van der Waals surface area contributed by atoms with Crippen LogP contribution in [0, 0.1) is 23.7 Å². The molecule has 2 heterocycles. The molecule has 2 aromatic carbocycles. The van der Waals surface area contributed by atoms with E-state index in [-0.39, 0.29) is 42.3 Å². The van der Waals surface area contributed by atoms with E-state index in [9.17, 15) is 9.59 Å². The third-order valence-corrected chi connectivity index (χ3v) is 6.67. The maximum atomic E-state index is 13.4. The van der Waals surface area contributed by atoms with Crippen molar-refractivity contribution in [3.05, 3.63) is 71.8 Å². The van der Waals surface area contributed by atoms with Gasteiger partial charge in [-0.2, -0.15) is 0 Å². The molecule has 0 N–H and O–H groups in total. The van der Waals surface area contributed by atoms with E-state index in [2.05, 4.69) is 31.2 Å². The molecule has 0 aromatic heterocycles. The van der Waals surface area contributed by atoms with Crippen molar-refractivity contribution in [3.8, 4) is 11.5 Å². The first-order chi connectivity index (χ1) is 14.1. The van der Waals surface area contributed by atoms with Crippen LogP contribution in [0.1, 0.15) is 12.5 Å². The fourth-order valence-electron chi connectivity index (χ4n) is 5.40. The number of carbonyl (C=O) groups excluding carboxylic acids is 2. The molecule has 5 nitrogen and oxygen atoms in total. The van der Waals surface area contributed by atoms with Crippen molar-refractivity contribution in [2.75, 3.05) is 11.7 Å². The summed E-state index contributed by atoms with van der Waals surface area (Å²) >= 11 is 0. The number of ether oxygens (including phenoxy) is 2. The fraction of sp³-hybridized carbons (Fsp3) is 0.250. The Morgan fingerprint density at radius 2 is 1.55 bits per heavy atom. The number of carbonyl (C=O) groups is 2. The second-order valence-electron chi connectivity index (χ2n) is 7.98. The predicted molar refractivity (Wildman–Crippen MR) is 107 cm³/mol. The van der Waals surface area contributed by atoms with Crippen LogP contribution in [-0.2, 0) is 9.59 Å². The molecule has 0 radical (unpaired) electrons. The summed E-state index contributed by atoms with van der Waals surface area (Å²) in [5.41, 5.74) is 4.10. The summed E-state index contributed by atoms with van der Waals surface area (Å²) in [6.07, 6.45) is 4.23. The van der Waals surface area contributed by atoms with Crippen LogP contribution in [0.15, 0.2) is 66.3 Å². The van der Waals surface area contributed by atoms with Gasteiger partial charge in [0.05, 0.1) is 17.5 Å². The van der Waals surface area contributed by atoms with E-state index < -0.39 is 0 Å². The topological polar surface area (TPSA) is 55.8 Å². The lowest BCUT2D eigenvalue weighted by Gasteiger charge is -2.20. The summed E-state index contributed by atoms with van der Waals surface area (Å²) in [5.74, 6) is 0.304. The third-order valence-electron chi connectivity index (χ3n) is 6.67. The number of imide groups is 1. The summed E-state index contributed by atoms with van der Waals surface area (Å²) in [5, 5.41) is 0. The molecule has 4 aliphatic rings. The first-order valence-corrected chi connectivity index (χ1v) is 9.87. The van der Waals surface area contributed by atoms with Gasteiger partial charge in [0.2, 0.25) is 18.6 Å². The molecular formula is C24H19NO4. The van der Waals surface area contributed by atoms with E-state index in [0.717, 1.165) is 5.56 Å². The highest BCUT2D eigenvalue weighted by molar-refractivity contribution is 6.23. The van der Waals surface area contributed by atoms with Gasteiger partial charge in [-0.05, 0) is 30.2 Å². The van der Waals surface area contributed by atoms with E-state index >= 15 is 0 Å². The Bertz CT molecular complexity index is 1080. The molecule has 0 unspecified atom stereocenters. The van der Waals surface area contributed by atoms with Crippen molar-refractivity contribution in [3.63, 3.8) is 0 Å². The largest absolute Gasteiger partial charge is 0.454 e. The molecule has 0 spiro atoms. The van der Waals surface area contributed by atoms with E-state index in [1.54, 1.807) is 18.2 Å². The highest BCUT2D eigenvalue weighted by Crippen LogP contribution is 2.58. The molecule has 1 saturated heterocycles. The normalized spacial score (nSPS) is 30.3. The summed E-state index contributed by atoms with van der Waals surface area (Å²) in [7, 11) is 0. The molecule has 5 heteroatoms. The van der Waals surface area contributed by atoms with Gasteiger partial charge in [0.1, 0.15) is 0 Å². The van der Waals surface area contributed by atoms with Crippen LogP contribution < -0.4 is 14.4 Å². The maximum Gasteiger partial charge on any atom is 0.238 e. The fourth-order valence-corrected chi connectivity index (χ4v) is 5.40. The minimum Gasteiger partial charge on any atom is -0.454 e. The molecule has 2 aliphatic carbocycles. The zero-order chi connectivity index (χ0) is 19.7. The molecule has 4 atom stereocenters. The Hall–Kier alpha value is -3.34. The molecule has 1 saturated carbocycles. The smallest absolute Gasteiger partial charge is 0.238 e. The Balaban J connectivity index is 1.39. The van der Waals surface area contributed by atoms with Gasteiger partial charge in [-0.3, -0.25) is 9.59 Å². The van der Waals surface area contributed by atoms with E-state index in [4.69, 9.17) is 9.47 Å². The number of hydrogen-bond donors (Lipinski definition) is 0. The highest BCUT2D eigenvalue weighted by atomic mass is 16.7. The van der Waals surface area contributed by atoms with Crippen LogP contribution in [0.25, 0.3) is 5.57 Å². The minimum atomic E-state index is -0.323. The second-order valence-corrected chi connectivity index (χ2v) is 7.98. The average molecular weight is 385 g/mol. The van der Waals surface area contributed by atoms with Gasteiger partial charge >= 0.3 is 0 Å². The van der Waals surface area contributed by atoms with Gasteiger partial charge < -0.3 is 9.47 Å². The SMILES string of the molecule is CC(=C1[C@H]2C=C[C@H]1[C@H]1C(=O)N(c3ccc4c(c3)OCO4)C(=O)[C@H]12)c1ccccc1. The first kappa shape index (κ1) is 16.6. The number of hydrogen-bond acceptors (Lipinski definition) is 4. The van der Waals surface area contributed by atoms with Gasteiger partial charge in [-0.1, -0.05) is 48.1 Å². The van der Waals surface area contributed by atoms with E-state index in [1.807, 2.05) is 18.2 Å². The highest BCUT2D eigenvalue weighted by Gasteiger charge is 2.62. The van der Waals surface area contributed by atoms with E-state index in [1.165, 1.54) is 16.0 Å². The van der Waals surface area contributed by atoms with Crippen LogP contribution in [0.2, 0.25) is 0 Å². The van der Waals surface area contributed by atoms with Gasteiger partial charge in [-0.15, -0.1) is 0 Å². The Kier molecular flexibility index (Phi) is 3.34. The molecule has 2 amide bonds. The number of nitrogens with zero attached hydrogens (tertiary/aromatic N) is 1. The van der Waals surface area contributed by atoms with Gasteiger partial charge in [-0.25, -0.2) is 4.90 Å². The molecule has 2 fully saturated rings. The molecule has 29 heavy (non-hydrogen) atoms. The summed E-state index contributed by atoms with van der Waals surface area (Å²) in [4.78, 5) is 28.1. The predicted octanol–water partition coefficient (Wildman–Crippen LogP) is 3.81. The molecular weight excluding hydrogens is 366 g/mol. The Morgan fingerprint density at radius 3 is 2.24 bits per heavy atom. The number of rotatable bonds is 2. The second kappa shape index (κ2) is 5.83. The van der Waals surface area contributed by atoms with Crippen molar-refractivity contribution in [1.29, 1.82) is 0 Å². The lowest BCUT2D eigenvalue weighted by atomic mass is 9.85. The van der Waals surface area contributed by atoms with Crippen LogP contribution in [0.4, 0.5) is 5.69 Å². The molecule has 144 valence electrons. The minimum absolute atomic E-state index is 0.0133. The first-order valence-electron chi connectivity index (χ1n) is 9.87. The Morgan fingerprint density at radius 1 is 0.897 bits per heavy atom. The van der Waals surface area contributed by atoms with Crippen LogP contribution >= 0.6 is 0 Å². The molecule has 2 bridgehead atoms. The van der Waals surface area contributed by atoms with Gasteiger partial charge in [0, 0.05) is 17.9 Å². The van der Waals surface area contributed by atoms with Crippen molar-refractivity contribution in [2.24, 2.45) is 23.7 Å². The summed E-state index contributed by atoms with van der Waals surface area (Å²) < 4.78 is 10.8. The van der Waals surface area contributed by atoms with Crippen molar-refractivity contribution in [1.82, 2.24) is 0 Å². The number of benzene rings is 2. The number of anilines is 1. The standard InChI is InChI=1S/C24H19NO4/c1-13(14-5-3-2-4-6-14)20-16-8-9-17(20)22-21(16)23(26)25(24(22)27)15-7-10-18-19(11-15)29-12-28-18/h2-11,16-17,21-22H,12H2,1H3/t16-,17-,21-,22+/m1/s1. The van der Waals surface area contributed by atoms with Crippen molar-refractivity contribution < 1.29 is 19.1 Å².